The first-order chi connectivity index (χ1) is 8.41. The van der Waals surface area contributed by atoms with E-state index in [9.17, 15) is 13.2 Å². The van der Waals surface area contributed by atoms with Crippen molar-refractivity contribution in [3.05, 3.63) is 35.4 Å². The van der Waals surface area contributed by atoms with E-state index in [0.29, 0.717) is 13.1 Å². The molecule has 98 valence electrons. The highest BCUT2D eigenvalue weighted by Crippen LogP contribution is 2.27. The number of hydrogen-bond donors (Lipinski definition) is 1. The maximum Gasteiger partial charge on any atom is 0.243 e. The van der Waals surface area contributed by atoms with Crippen LogP contribution in [0, 0.1) is 6.92 Å². The number of sulfonamides is 1. The quantitative estimate of drug-likeness (QED) is 0.845. The van der Waals surface area contributed by atoms with Crippen molar-refractivity contribution in [2.24, 2.45) is 0 Å². The number of carbonyl (C=O) groups is 1. The first-order valence-corrected chi connectivity index (χ1v) is 7.56. The van der Waals surface area contributed by atoms with Crippen molar-refractivity contribution in [3.8, 4) is 0 Å². The summed E-state index contributed by atoms with van der Waals surface area (Å²) in [5.74, 6) is -0.263. The molecule has 1 atom stereocenters. The van der Waals surface area contributed by atoms with Gasteiger partial charge in [-0.25, -0.2) is 8.42 Å². The van der Waals surface area contributed by atoms with Gasteiger partial charge in [-0.15, -0.1) is 0 Å². The molecule has 2 rings (SSSR count). The SMILES string of the molecule is Cc1ccccc1C1C(=O)NCCN1S(C)(=O)=O. The number of piperazine rings is 1. The molecule has 1 amide bonds. The fraction of sp³-hybridized carbons (Fsp3) is 0.417. The van der Waals surface area contributed by atoms with Crippen LogP contribution < -0.4 is 5.32 Å². The van der Waals surface area contributed by atoms with Gasteiger partial charge in [0.15, 0.2) is 0 Å². The second kappa shape index (κ2) is 4.70. The summed E-state index contributed by atoms with van der Waals surface area (Å²) >= 11 is 0. The Morgan fingerprint density at radius 2 is 2.00 bits per heavy atom. The van der Waals surface area contributed by atoms with Crippen LogP contribution in [0.2, 0.25) is 0 Å². The molecule has 1 aliphatic heterocycles. The van der Waals surface area contributed by atoms with Crippen molar-refractivity contribution in [1.82, 2.24) is 9.62 Å². The molecule has 0 saturated carbocycles. The minimum atomic E-state index is -3.40. The summed E-state index contributed by atoms with van der Waals surface area (Å²) in [5, 5.41) is 2.71. The Morgan fingerprint density at radius 3 is 2.61 bits per heavy atom. The van der Waals surface area contributed by atoms with Crippen molar-refractivity contribution in [2.45, 2.75) is 13.0 Å². The summed E-state index contributed by atoms with van der Waals surface area (Å²) in [6.07, 6.45) is 1.14. The van der Waals surface area contributed by atoms with Crippen molar-refractivity contribution < 1.29 is 13.2 Å². The van der Waals surface area contributed by atoms with E-state index in [0.717, 1.165) is 17.4 Å². The summed E-state index contributed by atoms with van der Waals surface area (Å²) in [6.45, 7) is 2.54. The lowest BCUT2D eigenvalue weighted by Crippen LogP contribution is -2.51. The number of nitrogens with one attached hydrogen (secondary N) is 1. The van der Waals surface area contributed by atoms with Crippen LogP contribution in [-0.4, -0.2) is 38.0 Å². The zero-order valence-electron chi connectivity index (χ0n) is 10.4. The van der Waals surface area contributed by atoms with Crippen LogP contribution in [0.15, 0.2) is 24.3 Å². The Balaban J connectivity index is 2.50. The van der Waals surface area contributed by atoms with Gasteiger partial charge in [-0.2, -0.15) is 4.31 Å². The van der Waals surface area contributed by atoms with E-state index < -0.39 is 16.1 Å². The maximum atomic E-state index is 12.0. The van der Waals surface area contributed by atoms with Crippen LogP contribution in [0.5, 0.6) is 0 Å². The van der Waals surface area contributed by atoms with Gasteiger partial charge in [0.05, 0.1) is 6.26 Å². The lowest BCUT2D eigenvalue weighted by atomic mass is 9.99. The molecule has 6 heteroatoms. The molecule has 1 aliphatic rings. The maximum absolute atomic E-state index is 12.0. The van der Waals surface area contributed by atoms with E-state index in [-0.39, 0.29) is 5.91 Å². The molecule has 1 saturated heterocycles. The highest BCUT2D eigenvalue weighted by atomic mass is 32.2. The molecule has 0 radical (unpaired) electrons. The molecule has 0 bridgehead atoms. The zero-order valence-corrected chi connectivity index (χ0v) is 11.2. The zero-order chi connectivity index (χ0) is 13.3. The number of benzene rings is 1. The van der Waals surface area contributed by atoms with Crippen molar-refractivity contribution >= 4 is 15.9 Å². The molecule has 5 nitrogen and oxygen atoms in total. The molecule has 18 heavy (non-hydrogen) atoms. The van der Waals surface area contributed by atoms with Crippen LogP contribution in [0.1, 0.15) is 17.2 Å². The first kappa shape index (κ1) is 13.0. The van der Waals surface area contributed by atoms with Gasteiger partial charge < -0.3 is 5.32 Å². The Labute approximate surface area is 107 Å². The van der Waals surface area contributed by atoms with Gasteiger partial charge in [0.1, 0.15) is 6.04 Å². The van der Waals surface area contributed by atoms with Gasteiger partial charge in [0.2, 0.25) is 15.9 Å². The topological polar surface area (TPSA) is 66.5 Å². The Kier molecular flexibility index (Phi) is 3.41. The van der Waals surface area contributed by atoms with E-state index in [4.69, 9.17) is 0 Å². The molecule has 1 fully saturated rings. The Morgan fingerprint density at radius 1 is 1.33 bits per heavy atom. The smallest absolute Gasteiger partial charge is 0.243 e. The van der Waals surface area contributed by atoms with E-state index >= 15 is 0 Å². The molecule has 1 heterocycles. The van der Waals surface area contributed by atoms with Gasteiger partial charge in [-0.05, 0) is 18.1 Å². The molecule has 1 unspecified atom stereocenters. The summed E-state index contributed by atoms with van der Waals surface area (Å²) in [4.78, 5) is 12.0. The van der Waals surface area contributed by atoms with Crippen molar-refractivity contribution in [3.63, 3.8) is 0 Å². The highest BCUT2D eigenvalue weighted by Gasteiger charge is 2.37. The monoisotopic (exact) mass is 268 g/mol. The van der Waals surface area contributed by atoms with Gasteiger partial charge in [0.25, 0.3) is 0 Å². The minimum Gasteiger partial charge on any atom is -0.353 e. The van der Waals surface area contributed by atoms with Gasteiger partial charge in [-0.1, -0.05) is 24.3 Å². The van der Waals surface area contributed by atoms with Crippen LogP contribution >= 0.6 is 0 Å². The summed E-state index contributed by atoms with van der Waals surface area (Å²) in [6, 6.07) is 6.59. The largest absolute Gasteiger partial charge is 0.353 e. The van der Waals surface area contributed by atoms with Crippen LogP contribution in [0.25, 0.3) is 0 Å². The molecule has 0 aromatic heterocycles. The third kappa shape index (κ3) is 2.39. The normalized spacial score (nSPS) is 21.7. The predicted octanol–water partition coefficient (Wildman–Crippen LogP) is 0.428. The van der Waals surface area contributed by atoms with Crippen LogP contribution in [-0.2, 0) is 14.8 Å². The Bertz CT molecular complexity index is 568. The fourth-order valence-corrected chi connectivity index (χ4v) is 3.21. The second-order valence-corrected chi connectivity index (χ2v) is 6.36. The van der Waals surface area contributed by atoms with E-state index in [1.54, 1.807) is 6.07 Å². The predicted molar refractivity (Wildman–Crippen MR) is 68.5 cm³/mol. The lowest BCUT2D eigenvalue weighted by molar-refractivity contribution is -0.126. The van der Waals surface area contributed by atoms with E-state index in [1.807, 2.05) is 25.1 Å². The third-order valence-electron chi connectivity index (χ3n) is 3.08. The second-order valence-electron chi connectivity index (χ2n) is 4.42. The fourth-order valence-electron chi connectivity index (χ4n) is 2.19. The summed E-state index contributed by atoms with van der Waals surface area (Å²) in [5.41, 5.74) is 1.65. The number of aryl methyl sites for hydroxylation is 1. The molecule has 1 N–H and O–H groups in total. The first-order valence-electron chi connectivity index (χ1n) is 5.71. The molecule has 0 spiro atoms. The number of hydrogen-bond acceptors (Lipinski definition) is 3. The average molecular weight is 268 g/mol. The third-order valence-corrected chi connectivity index (χ3v) is 4.32. The molecular formula is C12H16N2O3S. The molecule has 1 aromatic carbocycles. The highest BCUT2D eigenvalue weighted by molar-refractivity contribution is 7.88. The lowest BCUT2D eigenvalue weighted by Gasteiger charge is -2.33. The van der Waals surface area contributed by atoms with Crippen LogP contribution in [0.4, 0.5) is 0 Å². The Hall–Kier alpha value is -1.40. The average Bonchev–Trinajstić information content (AvgIpc) is 2.29. The number of nitrogens with zero attached hydrogens (tertiary/aromatic N) is 1. The number of carbonyl (C=O) groups excluding carboxylic acids is 1. The van der Waals surface area contributed by atoms with Crippen LogP contribution in [0.3, 0.4) is 0 Å². The molecular weight excluding hydrogens is 252 g/mol. The minimum absolute atomic E-state index is 0.263. The number of amides is 1. The molecule has 1 aromatic rings. The summed E-state index contributed by atoms with van der Waals surface area (Å²) < 4.78 is 24.8. The summed E-state index contributed by atoms with van der Waals surface area (Å²) in [7, 11) is -3.40. The van der Waals surface area contributed by atoms with Crippen molar-refractivity contribution in [1.29, 1.82) is 0 Å². The molecule has 0 aliphatic carbocycles. The van der Waals surface area contributed by atoms with Gasteiger partial charge >= 0.3 is 0 Å². The van der Waals surface area contributed by atoms with E-state index in [2.05, 4.69) is 5.32 Å². The standard InChI is InChI=1S/C12H16N2O3S/c1-9-5-3-4-6-10(9)11-12(15)13-7-8-14(11)18(2,16)17/h3-6,11H,7-8H2,1-2H3,(H,13,15). The van der Waals surface area contributed by atoms with Gasteiger partial charge in [-0.3, -0.25) is 4.79 Å². The van der Waals surface area contributed by atoms with Gasteiger partial charge in [0, 0.05) is 13.1 Å². The van der Waals surface area contributed by atoms with E-state index in [1.165, 1.54) is 4.31 Å². The number of rotatable bonds is 2. The van der Waals surface area contributed by atoms with Crippen molar-refractivity contribution in [2.75, 3.05) is 19.3 Å².